The SMILES string of the molecule is CN(Cc1cnc(N)s1)Cc1ccccc1Br. The van der Waals surface area contributed by atoms with Gasteiger partial charge in [-0.2, -0.15) is 0 Å². The summed E-state index contributed by atoms with van der Waals surface area (Å²) in [6.07, 6.45) is 1.84. The van der Waals surface area contributed by atoms with Crippen LogP contribution < -0.4 is 5.73 Å². The molecule has 0 aliphatic heterocycles. The molecular formula is C12H14BrN3S. The van der Waals surface area contributed by atoms with Crippen molar-refractivity contribution in [3.05, 3.63) is 45.4 Å². The van der Waals surface area contributed by atoms with Crippen LogP contribution in [0.25, 0.3) is 0 Å². The molecule has 0 bridgehead atoms. The van der Waals surface area contributed by atoms with Crippen molar-refractivity contribution < 1.29 is 0 Å². The van der Waals surface area contributed by atoms with Gasteiger partial charge in [0.1, 0.15) is 0 Å². The van der Waals surface area contributed by atoms with Gasteiger partial charge < -0.3 is 5.73 Å². The van der Waals surface area contributed by atoms with Crippen LogP contribution >= 0.6 is 27.3 Å². The molecule has 0 fully saturated rings. The average Bonchev–Trinajstić information content (AvgIpc) is 2.67. The summed E-state index contributed by atoms with van der Waals surface area (Å²) in [5.74, 6) is 0. The fraction of sp³-hybridized carbons (Fsp3) is 0.250. The molecule has 5 heteroatoms. The summed E-state index contributed by atoms with van der Waals surface area (Å²) in [7, 11) is 2.09. The monoisotopic (exact) mass is 311 g/mol. The molecule has 0 aliphatic carbocycles. The maximum Gasteiger partial charge on any atom is 0.180 e. The minimum atomic E-state index is 0.634. The second-order valence-electron chi connectivity index (χ2n) is 3.93. The van der Waals surface area contributed by atoms with Crippen LogP contribution in [-0.4, -0.2) is 16.9 Å². The van der Waals surface area contributed by atoms with Gasteiger partial charge in [0.25, 0.3) is 0 Å². The van der Waals surface area contributed by atoms with E-state index in [2.05, 4.69) is 51.1 Å². The lowest BCUT2D eigenvalue weighted by atomic mass is 10.2. The number of hydrogen-bond acceptors (Lipinski definition) is 4. The highest BCUT2D eigenvalue weighted by Gasteiger charge is 2.06. The van der Waals surface area contributed by atoms with Crippen molar-refractivity contribution in [1.29, 1.82) is 0 Å². The third kappa shape index (κ3) is 3.52. The van der Waals surface area contributed by atoms with Crippen LogP contribution in [0.1, 0.15) is 10.4 Å². The second kappa shape index (κ2) is 5.62. The molecular weight excluding hydrogens is 298 g/mol. The van der Waals surface area contributed by atoms with E-state index in [1.807, 2.05) is 12.3 Å². The van der Waals surface area contributed by atoms with Gasteiger partial charge in [0.05, 0.1) is 0 Å². The maximum absolute atomic E-state index is 5.61. The first-order valence-corrected chi connectivity index (χ1v) is 6.88. The predicted molar refractivity (Wildman–Crippen MR) is 75.8 cm³/mol. The summed E-state index contributed by atoms with van der Waals surface area (Å²) < 4.78 is 1.15. The molecule has 1 heterocycles. The second-order valence-corrected chi connectivity index (χ2v) is 5.93. The van der Waals surface area contributed by atoms with Crippen molar-refractivity contribution in [3.63, 3.8) is 0 Å². The molecule has 0 spiro atoms. The van der Waals surface area contributed by atoms with E-state index in [4.69, 9.17) is 5.73 Å². The van der Waals surface area contributed by atoms with Gasteiger partial charge in [-0.05, 0) is 18.7 Å². The summed E-state index contributed by atoms with van der Waals surface area (Å²) >= 11 is 5.10. The van der Waals surface area contributed by atoms with Crippen molar-refractivity contribution in [3.8, 4) is 0 Å². The Bertz CT molecular complexity index is 498. The van der Waals surface area contributed by atoms with Crippen LogP contribution in [0.15, 0.2) is 34.9 Å². The van der Waals surface area contributed by atoms with Crippen LogP contribution in [0.4, 0.5) is 5.13 Å². The van der Waals surface area contributed by atoms with Gasteiger partial charge in [0.2, 0.25) is 0 Å². The molecule has 17 heavy (non-hydrogen) atoms. The Labute approximate surface area is 113 Å². The van der Waals surface area contributed by atoms with E-state index in [1.165, 1.54) is 10.4 Å². The number of nitrogens with zero attached hydrogens (tertiary/aromatic N) is 2. The van der Waals surface area contributed by atoms with Crippen LogP contribution in [0.3, 0.4) is 0 Å². The Morgan fingerprint density at radius 3 is 2.76 bits per heavy atom. The van der Waals surface area contributed by atoms with Crippen molar-refractivity contribution in [1.82, 2.24) is 9.88 Å². The summed E-state index contributed by atoms with van der Waals surface area (Å²) in [6, 6.07) is 8.27. The number of benzene rings is 1. The van der Waals surface area contributed by atoms with Gasteiger partial charge in [-0.1, -0.05) is 34.1 Å². The van der Waals surface area contributed by atoms with Gasteiger partial charge in [-0.25, -0.2) is 4.98 Å². The first-order chi connectivity index (χ1) is 8.15. The number of hydrogen-bond donors (Lipinski definition) is 1. The number of nitrogen functional groups attached to an aromatic ring is 1. The van der Waals surface area contributed by atoms with Crippen molar-refractivity contribution in [2.75, 3.05) is 12.8 Å². The predicted octanol–water partition coefficient (Wildman–Crippen LogP) is 3.12. The van der Waals surface area contributed by atoms with E-state index in [-0.39, 0.29) is 0 Å². The molecule has 0 unspecified atom stereocenters. The van der Waals surface area contributed by atoms with Crippen molar-refractivity contribution in [2.45, 2.75) is 13.1 Å². The van der Waals surface area contributed by atoms with E-state index in [9.17, 15) is 0 Å². The zero-order valence-corrected chi connectivity index (χ0v) is 12.0. The lowest BCUT2D eigenvalue weighted by Crippen LogP contribution is -2.16. The molecule has 3 nitrogen and oxygen atoms in total. The molecule has 0 radical (unpaired) electrons. The summed E-state index contributed by atoms with van der Waals surface area (Å²) in [5.41, 5.74) is 6.90. The molecule has 2 aromatic rings. The van der Waals surface area contributed by atoms with Gasteiger partial charge in [0.15, 0.2) is 5.13 Å². The number of rotatable bonds is 4. The molecule has 0 saturated carbocycles. The first-order valence-electron chi connectivity index (χ1n) is 5.27. The van der Waals surface area contributed by atoms with E-state index in [1.54, 1.807) is 11.3 Å². The molecule has 90 valence electrons. The smallest absolute Gasteiger partial charge is 0.180 e. The number of thiazole rings is 1. The van der Waals surface area contributed by atoms with E-state index in [0.29, 0.717) is 5.13 Å². The highest BCUT2D eigenvalue weighted by atomic mass is 79.9. The van der Waals surface area contributed by atoms with E-state index in [0.717, 1.165) is 17.6 Å². The molecule has 0 atom stereocenters. The van der Waals surface area contributed by atoms with Gasteiger partial charge in [-0.15, -0.1) is 11.3 Å². The molecule has 0 amide bonds. The van der Waals surface area contributed by atoms with Crippen LogP contribution in [0.2, 0.25) is 0 Å². The minimum Gasteiger partial charge on any atom is -0.375 e. The lowest BCUT2D eigenvalue weighted by Gasteiger charge is -2.16. The number of halogens is 1. The number of anilines is 1. The Morgan fingerprint density at radius 2 is 2.12 bits per heavy atom. The first kappa shape index (κ1) is 12.5. The van der Waals surface area contributed by atoms with Crippen LogP contribution in [0, 0.1) is 0 Å². The highest BCUT2D eigenvalue weighted by Crippen LogP contribution is 2.20. The number of aromatic nitrogens is 1. The van der Waals surface area contributed by atoms with E-state index >= 15 is 0 Å². The average molecular weight is 312 g/mol. The van der Waals surface area contributed by atoms with Crippen molar-refractivity contribution >= 4 is 32.4 Å². The molecule has 1 aromatic heterocycles. The highest BCUT2D eigenvalue weighted by molar-refractivity contribution is 9.10. The zero-order valence-electron chi connectivity index (χ0n) is 9.56. The lowest BCUT2D eigenvalue weighted by molar-refractivity contribution is 0.321. The molecule has 2 rings (SSSR count). The Kier molecular flexibility index (Phi) is 4.15. The Morgan fingerprint density at radius 1 is 1.35 bits per heavy atom. The minimum absolute atomic E-state index is 0.634. The third-order valence-electron chi connectivity index (χ3n) is 2.40. The molecule has 0 aliphatic rings. The summed E-state index contributed by atoms with van der Waals surface area (Å²) in [4.78, 5) is 7.49. The van der Waals surface area contributed by atoms with Crippen LogP contribution in [0.5, 0.6) is 0 Å². The molecule has 1 aromatic carbocycles. The maximum atomic E-state index is 5.61. The summed E-state index contributed by atoms with van der Waals surface area (Å²) in [6.45, 7) is 1.77. The van der Waals surface area contributed by atoms with Crippen molar-refractivity contribution in [2.24, 2.45) is 0 Å². The number of nitrogens with two attached hydrogens (primary N) is 1. The fourth-order valence-electron chi connectivity index (χ4n) is 1.64. The van der Waals surface area contributed by atoms with Crippen LogP contribution in [-0.2, 0) is 13.1 Å². The Hall–Kier alpha value is -0.910. The normalized spacial score (nSPS) is 11.0. The topological polar surface area (TPSA) is 42.2 Å². The fourth-order valence-corrected chi connectivity index (χ4v) is 2.81. The largest absolute Gasteiger partial charge is 0.375 e. The standard InChI is InChI=1S/C12H14BrN3S/c1-16(8-10-6-15-12(14)17-10)7-9-4-2-3-5-11(9)13/h2-6H,7-8H2,1H3,(H2,14,15). The third-order valence-corrected chi connectivity index (χ3v) is 3.98. The molecule has 2 N–H and O–H groups in total. The molecule has 0 saturated heterocycles. The summed E-state index contributed by atoms with van der Waals surface area (Å²) in [5, 5.41) is 0.634. The zero-order chi connectivity index (χ0) is 12.3. The van der Waals surface area contributed by atoms with E-state index < -0.39 is 0 Å². The quantitative estimate of drug-likeness (QED) is 0.943. The Balaban J connectivity index is 1.98. The van der Waals surface area contributed by atoms with Gasteiger partial charge >= 0.3 is 0 Å². The van der Waals surface area contributed by atoms with Gasteiger partial charge in [-0.3, -0.25) is 4.90 Å². The van der Waals surface area contributed by atoms with Gasteiger partial charge in [0, 0.05) is 28.6 Å².